The van der Waals surface area contributed by atoms with Crippen molar-refractivity contribution in [2.45, 2.75) is 13.1 Å². The lowest BCUT2D eigenvalue weighted by atomic mass is 10.1. The minimum Gasteiger partial charge on any atom is -0.284 e. The highest BCUT2D eigenvalue weighted by atomic mass is 35.5. The van der Waals surface area contributed by atoms with Crippen molar-refractivity contribution in [1.29, 1.82) is 0 Å². The van der Waals surface area contributed by atoms with Crippen molar-refractivity contribution in [2.75, 3.05) is 0 Å². The third kappa shape index (κ3) is 2.37. The molecule has 0 amide bonds. The third-order valence-electron chi connectivity index (χ3n) is 3.16. The van der Waals surface area contributed by atoms with Gasteiger partial charge in [0, 0.05) is 16.8 Å². The molecule has 0 bridgehead atoms. The summed E-state index contributed by atoms with van der Waals surface area (Å²) in [5, 5.41) is 2.50. The summed E-state index contributed by atoms with van der Waals surface area (Å²) in [5.74, 6) is 0. The minimum absolute atomic E-state index is 0.0698. The van der Waals surface area contributed by atoms with E-state index in [2.05, 4.69) is 10.1 Å². The van der Waals surface area contributed by atoms with Crippen molar-refractivity contribution in [2.24, 2.45) is 0 Å². The van der Waals surface area contributed by atoms with E-state index in [4.69, 9.17) is 11.6 Å². The van der Waals surface area contributed by atoms with Gasteiger partial charge in [0.15, 0.2) is 5.65 Å². The number of aromatic amines is 1. The maximum absolute atomic E-state index is 13.3. The number of nitrogens with zero attached hydrogens (tertiary/aromatic N) is 2. The first kappa shape index (κ1) is 14.6. The van der Waals surface area contributed by atoms with Gasteiger partial charge in [0.25, 0.3) is 5.56 Å². The van der Waals surface area contributed by atoms with Gasteiger partial charge in [-0.05, 0) is 24.6 Å². The standard InChI is InChI=1S/C14H9ClF3N3O/c1-7-6-10(22)21-13(19-7)11(12(20-21)14(16,17)18)8-2-4-9(15)5-3-8/h2-6,20H,1H3. The van der Waals surface area contributed by atoms with E-state index in [9.17, 15) is 18.0 Å². The molecule has 0 aliphatic carbocycles. The summed E-state index contributed by atoms with van der Waals surface area (Å²) >= 11 is 5.77. The number of H-pyrrole nitrogens is 1. The van der Waals surface area contributed by atoms with Gasteiger partial charge in [-0.15, -0.1) is 0 Å². The van der Waals surface area contributed by atoms with Crippen LogP contribution in [0.5, 0.6) is 0 Å². The van der Waals surface area contributed by atoms with E-state index in [1.165, 1.54) is 24.3 Å². The van der Waals surface area contributed by atoms with E-state index in [1.807, 2.05) is 0 Å². The number of aryl methyl sites for hydroxylation is 1. The maximum Gasteiger partial charge on any atom is 0.433 e. The molecule has 1 N–H and O–H groups in total. The maximum atomic E-state index is 13.3. The van der Waals surface area contributed by atoms with Crippen LogP contribution >= 0.6 is 11.6 Å². The van der Waals surface area contributed by atoms with E-state index < -0.39 is 17.4 Å². The summed E-state index contributed by atoms with van der Waals surface area (Å²) in [4.78, 5) is 15.9. The second-order valence-corrected chi connectivity index (χ2v) is 5.20. The van der Waals surface area contributed by atoms with Crippen LogP contribution in [0.25, 0.3) is 16.8 Å². The van der Waals surface area contributed by atoms with Crippen LogP contribution in [0.3, 0.4) is 0 Å². The van der Waals surface area contributed by atoms with Crippen LogP contribution < -0.4 is 5.56 Å². The fraction of sp³-hybridized carbons (Fsp3) is 0.143. The Bertz CT molecular complexity index is 910. The number of benzene rings is 1. The fourth-order valence-corrected chi connectivity index (χ4v) is 2.37. The Morgan fingerprint density at radius 2 is 1.86 bits per heavy atom. The van der Waals surface area contributed by atoms with E-state index in [0.717, 1.165) is 10.6 Å². The van der Waals surface area contributed by atoms with Crippen molar-refractivity contribution in [3.8, 4) is 11.1 Å². The Balaban J connectivity index is 2.44. The quantitative estimate of drug-likeness (QED) is 0.741. The summed E-state index contributed by atoms with van der Waals surface area (Å²) in [6.45, 7) is 1.55. The Morgan fingerprint density at radius 1 is 1.23 bits per heavy atom. The van der Waals surface area contributed by atoms with Gasteiger partial charge in [0.2, 0.25) is 0 Å². The molecule has 0 atom stereocenters. The van der Waals surface area contributed by atoms with Crippen LogP contribution in [0.15, 0.2) is 35.1 Å². The first-order valence-corrected chi connectivity index (χ1v) is 6.60. The van der Waals surface area contributed by atoms with Gasteiger partial charge in [-0.2, -0.15) is 13.2 Å². The molecule has 2 aromatic heterocycles. The van der Waals surface area contributed by atoms with Crippen molar-refractivity contribution < 1.29 is 13.2 Å². The Hall–Kier alpha value is -2.28. The summed E-state index contributed by atoms with van der Waals surface area (Å²) < 4.78 is 40.6. The zero-order chi connectivity index (χ0) is 16.1. The summed E-state index contributed by atoms with van der Waals surface area (Å²) in [5.41, 5.74) is -1.26. The van der Waals surface area contributed by atoms with Crippen molar-refractivity contribution in [3.63, 3.8) is 0 Å². The first-order chi connectivity index (χ1) is 10.3. The molecule has 0 aliphatic heterocycles. The molecule has 1 aromatic carbocycles. The molecule has 0 aliphatic rings. The first-order valence-electron chi connectivity index (χ1n) is 6.23. The van der Waals surface area contributed by atoms with Gasteiger partial charge in [-0.1, -0.05) is 23.7 Å². The SMILES string of the molecule is Cc1cc(=O)n2[nH]c(C(F)(F)F)c(-c3ccc(Cl)cc3)c2n1. The van der Waals surface area contributed by atoms with E-state index >= 15 is 0 Å². The number of nitrogens with one attached hydrogen (secondary N) is 1. The average Bonchev–Trinajstić information content (AvgIpc) is 2.79. The zero-order valence-corrected chi connectivity index (χ0v) is 12.0. The smallest absolute Gasteiger partial charge is 0.284 e. The van der Waals surface area contributed by atoms with E-state index in [1.54, 1.807) is 6.92 Å². The molecule has 3 aromatic rings. The molecule has 22 heavy (non-hydrogen) atoms. The molecule has 3 rings (SSSR count). The molecule has 8 heteroatoms. The zero-order valence-electron chi connectivity index (χ0n) is 11.2. The van der Waals surface area contributed by atoms with E-state index in [-0.39, 0.29) is 16.8 Å². The van der Waals surface area contributed by atoms with Gasteiger partial charge >= 0.3 is 6.18 Å². The number of fused-ring (bicyclic) bond motifs is 1. The number of hydrogen-bond acceptors (Lipinski definition) is 2. The molecule has 114 valence electrons. The highest BCUT2D eigenvalue weighted by Crippen LogP contribution is 2.38. The van der Waals surface area contributed by atoms with Crippen molar-refractivity contribution in [3.05, 3.63) is 57.1 Å². The molecule has 4 nitrogen and oxygen atoms in total. The van der Waals surface area contributed by atoms with Crippen LogP contribution in [-0.2, 0) is 6.18 Å². The van der Waals surface area contributed by atoms with Gasteiger partial charge in [-0.25, -0.2) is 9.50 Å². The Labute approximate surface area is 127 Å². The second kappa shape index (κ2) is 4.88. The molecule has 0 saturated heterocycles. The molecule has 2 heterocycles. The highest BCUT2D eigenvalue weighted by molar-refractivity contribution is 6.30. The second-order valence-electron chi connectivity index (χ2n) is 4.76. The minimum atomic E-state index is -4.65. The lowest BCUT2D eigenvalue weighted by Gasteiger charge is -2.07. The fourth-order valence-electron chi connectivity index (χ4n) is 2.25. The number of rotatable bonds is 1. The molecular formula is C14H9ClF3N3O. The largest absolute Gasteiger partial charge is 0.433 e. The normalized spacial score (nSPS) is 12.0. The highest BCUT2D eigenvalue weighted by Gasteiger charge is 2.38. The monoisotopic (exact) mass is 327 g/mol. The van der Waals surface area contributed by atoms with Crippen molar-refractivity contribution >= 4 is 17.2 Å². The Morgan fingerprint density at radius 3 is 2.45 bits per heavy atom. The number of aromatic nitrogens is 3. The number of alkyl halides is 3. The number of hydrogen-bond donors (Lipinski definition) is 1. The summed E-state index contributed by atoms with van der Waals surface area (Å²) in [6, 6.07) is 7.03. The average molecular weight is 328 g/mol. The molecule has 0 saturated carbocycles. The molecule has 0 fully saturated rings. The lowest BCUT2D eigenvalue weighted by molar-refractivity contribution is -0.140. The van der Waals surface area contributed by atoms with Gasteiger partial charge in [-0.3, -0.25) is 9.89 Å². The topological polar surface area (TPSA) is 50.2 Å². The summed E-state index contributed by atoms with van der Waals surface area (Å²) in [7, 11) is 0. The van der Waals surface area contributed by atoms with Crippen LogP contribution in [0.4, 0.5) is 13.2 Å². The van der Waals surface area contributed by atoms with Gasteiger partial charge in [0.1, 0.15) is 5.69 Å². The predicted molar refractivity (Wildman–Crippen MR) is 76.0 cm³/mol. The predicted octanol–water partition coefficient (Wildman–Crippen LogP) is 3.67. The third-order valence-corrected chi connectivity index (χ3v) is 3.41. The molecule has 0 radical (unpaired) electrons. The van der Waals surface area contributed by atoms with E-state index in [0.29, 0.717) is 10.7 Å². The summed E-state index contributed by atoms with van der Waals surface area (Å²) in [6.07, 6.45) is -4.65. The molecular weight excluding hydrogens is 319 g/mol. The molecule has 0 spiro atoms. The number of halogens is 4. The molecule has 0 unspecified atom stereocenters. The van der Waals surface area contributed by atoms with Gasteiger partial charge < -0.3 is 0 Å². The van der Waals surface area contributed by atoms with Crippen LogP contribution in [-0.4, -0.2) is 14.6 Å². The van der Waals surface area contributed by atoms with Crippen molar-refractivity contribution in [1.82, 2.24) is 14.6 Å². The van der Waals surface area contributed by atoms with Crippen LogP contribution in [0.2, 0.25) is 5.02 Å². The lowest BCUT2D eigenvalue weighted by Crippen LogP contribution is -2.15. The van der Waals surface area contributed by atoms with Crippen LogP contribution in [0.1, 0.15) is 11.4 Å². The van der Waals surface area contributed by atoms with Gasteiger partial charge in [0.05, 0.1) is 5.56 Å². The Kier molecular flexibility index (Phi) is 3.25. The van der Waals surface area contributed by atoms with Crippen LogP contribution in [0, 0.1) is 6.92 Å².